The summed E-state index contributed by atoms with van der Waals surface area (Å²) in [5, 5.41) is 3.79. The van der Waals surface area contributed by atoms with Crippen molar-refractivity contribution < 1.29 is 0 Å². The van der Waals surface area contributed by atoms with Crippen LogP contribution >= 0.6 is 23.3 Å². The fraction of sp³-hybridized carbons (Fsp3) is 0.750. The highest BCUT2D eigenvalue weighted by atomic mass is 35.5. The third kappa shape index (κ3) is 1.94. The fourth-order valence-corrected chi connectivity index (χ4v) is 2.20. The number of nitrogens with one attached hydrogen (secondary N) is 1. The van der Waals surface area contributed by atoms with Crippen molar-refractivity contribution in [3.63, 3.8) is 0 Å². The van der Waals surface area contributed by atoms with Gasteiger partial charge in [-0.1, -0.05) is 18.0 Å². The Morgan fingerprint density at radius 3 is 2.77 bits per heavy atom. The molecule has 1 fully saturated rings. The number of halogens is 1. The van der Waals surface area contributed by atoms with Gasteiger partial charge in [-0.2, -0.15) is 8.75 Å². The first-order chi connectivity index (χ1) is 6.27. The molecular formula is C8H12ClN3S. The molecule has 72 valence electrons. The standard InChI is InChI=1S/C8H12ClN3S/c1-5(6-3-2-4-6)10-8-7(9)11-13-12-8/h5-6H,2-4H2,1H3,(H,10,12). The van der Waals surface area contributed by atoms with E-state index in [2.05, 4.69) is 21.0 Å². The molecule has 0 saturated heterocycles. The van der Waals surface area contributed by atoms with Gasteiger partial charge in [0.05, 0.1) is 11.7 Å². The molecule has 1 aromatic rings. The van der Waals surface area contributed by atoms with Crippen LogP contribution in [0.4, 0.5) is 5.82 Å². The summed E-state index contributed by atoms with van der Waals surface area (Å²) >= 11 is 6.98. The monoisotopic (exact) mass is 217 g/mol. The summed E-state index contributed by atoms with van der Waals surface area (Å²) in [4.78, 5) is 0. The number of hydrogen-bond donors (Lipinski definition) is 1. The Bertz CT molecular complexity index is 285. The van der Waals surface area contributed by atoms with Gasteiger partial charge < -0.3 is 5.32 Å². The van der Waals surface area contributed by atoms with Crippen LogP contribution in [0.1, 0.15) is 26.2 Å². The van der Waals surface area contributed by atoms with E-state index >= 15 is 0 Å². The van der Waals surface area contributed by atoms with E-state index in [9.17, 15) is 0 Å². The molecule has 3 nitrogen and oxygen atoms in total. The van der Waals surface area contributed by atoms with Crippen molar-refractivity contribution in [1.29, 1.82) is 0 Å². The minimum absolute atomic E-state index is 0.468. The zero-order valence-corrected chi connectivity index (χ0v) is 9.03. The van der Waals surface area contributed by atoms with Crippen molar-refractivity contribution in [1.82, 2.24) is 8.75 Å². The molecule has 0 aliphatic heterocycles. The molecule has 0 amide bonds. The molecule has 1 aromatic heterocycles. The maximum Gasteiger partial charge on any atom is 0.186 e. The normalized spacial score (nSPS) is 19.5. The van der Waals surface area contributed by atoms with Crippen LogP contribution < -0.4 is 5.32 Å². The highest BCUT2D eigenvalue weighted by molar-refractivity contribution is 6.99. The number of aromatic nitrogens is 2. The molecule has 0 bridgehead atoms. The molecule has 0 radical (unpaired) electrons. The molecule has 0 spiro atoms. The van der Waals surface area contributed by atoms with Gasteiger partial charge in [0.15, 0.2) is 11.0 Å². The Morgan fingerprint density at radius 2 is 2.31 bits per heavy atom. The van der Waals surface area contributed by atoms with Crippen molar-refractivity contribution >= 4 is 29.1 Å². The first-order valence-electron chi connectivity index (χ1n) is 4.52. The van der Waals surface area contributed by atoms with Crippen molar-refractivity contribution in [3.05, 3.63) is 5.15 Å². The van der Waals surface area contributed by atoms with E-state index in [1.54, 1.807) is 0 Å². The summed E-state index contributed by atoms with van der Waals surface area (Å²) in [6.45, 7) is 2.18. The molecule has 1 N–H and O–H groups in total. The van der Waals surface area contributed by atoms with Gasteiger partial charge >= 0.3 is 0 Å². The summed E-state index contributed by atoms with van der Waals surface area (Å²) < 4.78 is 7.99. The Labute approximate surface area is 86.8 Å². The molecule has 1 atom stereocenters. The van der Waals surface area contributed by atoms with Crippen LogP contribution in [0.3, 0.4) is 0 Å². The molecule has 1 heterocycles. The second kappa shape index (κ2) is 3.80. The van der Waals surface area contributed by atoms with E-state index < -0.39 is 0 Å². The first-order valence-corrected chi connectivity index (χ1v) is 5.63. The van der Waals surface area contributed by atoms with E-state index in [0.717, 1.165) is 23.5 Å². The van der Waals surface area contributed by atoms with Gasteiger partial charge in [-0.25, -0.2) is 0 Å². The average Bonchev–Trinajstić information content (AvgIpc) is 2.32. The number of hydrogen-bond acceptors (Lipinski definition) is 4. The molecule has 0 aromatic carbocycles. The first kappa shape index (κ1) is 9.21. The van der Waals surface area contributed by atoms with E-state index in [4.69, 9.17) is 11.6 Å². The maximum absolute atomic E-state index is 5.82. The maximum atomic E-state index is 5.82. The predicted octanol–water partition coefficient (Wildman–Crippen LogP) is 2.79. The van der Waals surface area contributed by atoms with E-state index in [1.807, 2.05) is 0 Å². The third-order valence-electron chi connectivity index (χ3n) is 2.67. The van der Waals surface area contributed by atoms with Gasteiger partial charge in [-0.3, -0.25) is 0 Å². The van der Waals surface area contributed by atoms with E-state index in [1.165, 1.54) is 19.3 Å². The summed E-state index contributed by atoms with van der Waals surface area (Å²) in [7, 11) is 0. The van der Waals surface area contributed by atoms with Gasteiger partial charge in [0.1, 0.15) is 0 Å². The lowest BCUT2D eigenvalue weighted by atomic mass is 9.80. The van der Waals surface area contributed by atoms with Crippen LogP contribution in [-0.2, 0) is 0 Å². The van der Waals surface area contributed by atoms with Crippen molar-refractivity contribution in [2.75, 3.05) is 5.32 Å². The molecule has 2 rings (SSSR count). The highest BCUT2D eigenvalue weighted by Crippen LogP contribution is 2.31. The Morgan fingerprint density at radius 1 is 1.54 bits per heavy atom. The van der Waals surface area contributed by atoms with Gasteiger partial charge in [0, 0.05) is 6.04 Å². The molecular weight excluding hydrogens is 206 g/mol. The zero-order chi connectivity index (χ0) is 9.26. The lowest BCUT2D eigenvalue weighted by molar-refractivity contribution is 0.285. The van der Waals surface area contributed by atoms with E-state index in [0.29, 0.717) is 11.2 Å². The number of anilines is 1. The molecule has 1 aliphatic carbocycles. The molecule has 13 heavy (non-hydrogen) atoms. The van der Waals surface area contributed by atoms with Gasteiger partial charge in [0.25, 0.3) is 0 Å². The van der Waals surface area contributed by atoms with Crippen LogP contribution in [0, 0.1) is 5.92 Å². The van der Waals surface area contributed by atoms with Crippen LogP contribution in [0.25, 0.3) is 0 Å². The van der Waals surface area contributed by atoms with Crippen LogP contribution in [0.2, 0.25) is 5.15 Å². The van der Waals surface area contributed by atoms with Crippen LogP contribution in [-0.4, -0.2) is 14.8 Å². The summed E-state index contributed by atoms with van der Waals surface area (Å²) in [5.41, 5.74) is 0. The molecule has 5 heteroatoms. The minimum atomic E-state index is 0.468. The third-order valence-corrected chi connectivity index (χ3v) is 3.56. The van der Waals surface area contributed by atoms with Gasteiger partial charge in [-0.05, 0) is 25.7 Å². The summed E-state index contributed by atoms with van der Waals surface area (Å²) in [5.74, 6) is 1.53. The predicted molar refractivity (Wildman–Crippen MR) is 55.3 cm³/mol. The number of rotatable bonds is 3. The molecule has 1 saturated carbocycles. The second-order valence-electron chi connectivity index (χ2n) is 3.53. The smallest absolute Gasteiger partial charge is 0.186 e. The van der Waals surface area contributed by atoms with Crippen LogP contribution in [0.5, 0.6) is 0 Å². The highest BCUT2D eigenvalue weighted by Gasteiger charge is 2.24. The van der Waals surface area contributed by atoms with Gasteiger partial charge in [0.2, 0.25) is 0 Å². The lowest BCUT2D eigenvalue weighted by Crippen LogP contribution is -2.30. The summed E-state index contributed by atoms with van der Waals surface area (Å²) in [6.07, 6.45) is 4.01. The Hall–Kier alpha value is -0.350. The van der Waals surface area contributed by atoms with Crippen molar-refractivity contribution in [2.45, 2.75) is 32.2 Å². The second-order valence-corrected chi connectivity index (χ2v) is 4.41. The average molecular weight is 218 g/mol. The summed E-state index contributed by atoms with van der Waals surface area (Å²) in [6, 6.07) is 0.468. The Kier molecular flexibility index (Phi) is 2.69. The van der Waals surface area contributed by atoms with Gasteiger partial charge in [-0.15, -0.1) is 0 Å². The fourth-order valence-electron chi connectivity index (χ4n) is 1.54. The largest absolute Gasteiger partial charge is 0.364 e. The molecule has 1 aliphatic rings. The van der Waals surface area contributed by atoms with E-state index in [-0.39, 0.29) is 0 Å². The van der Waals surface area contributed by atoms with Crippen LogP contribution in [0.15, 0.2) is 0 Å². The SMILES string of the molecule is CC(Nc1nsnc1Cl)C1CCC1. The topological polar surface area (TPSA) is 37.8 Å². The Balaban J connectivity index is 1.93. The lowest BCUT2D eigenvalue weighted by Gasteiger charge is -2.31. The molecule has 1 unspecified atom stereocenters. The minimum Gasteiger partial charge on any atom is -0.364 e. The quantitative estimate of drug-likeness (QED) is 0.846. The number of nitrogens with zero attached hydrogens (tertiary/aromatic N) is 2. The zero-order valence-electron chi connectivity index (χ0n) is 7.46. The van der Waals surface area contributed by atoms with Crippen molar-refractivity contribution in [3.8, 4) is 0 Å². The van der Waals surface area contributed by atoms with Crippen molar-refractivity contribution in [2.24, 2.45) is 5.92 Å².